The highest BCUT2D eigenvalue weighted by Crippen LogP contribution is 2.28. The van der Waals surface area contributed by atoms with E-state index in [1.807, 2.05) is 46.6 Å². The lowest BCUT2D eigenvalue weighted by Crippen LogP contribution is -2.61. The molecule has 0 spiro atoms. The molecular weight excluding hydrogens is 386 g/mol. The number of carboxylic acid groups (broad SMARTS) is 1. The van der Waals surface area contributed by atoms with Crippen molar-refractivity contribution >= 4 is 17.8 Å². The van der Waals surface area contributed by atoms with Gasteiger partial charge in [-0.15, -0.1) is 0 Å². The summed E-state index contributed by atoms with van der Waals surface area (Å²) >= 11 is 0. The fourth-order valence-electron chi connectivity index (χ4n) is 4.32. The molecule has 0 aromatic heterocycles. The highest BCUT2D eigenvalue weighted by atomic mass is 16.5. The van der Waals surface area contributed by atoms with Crippen LogP contribution in [0.4, 0.5) is 0 Å². The predicted molar refractivity (Wildman–Crippen MR) is 116 cm³/mol. The molecule has 0 saturated carbocycles. The van der Waals surface area contributed by atoms with Crippen LogP contribution < -0.4 is 5.32 Å². The molecule has 0 radical (unpaired) electrons. The number of rotatable bonds is 11. The summed E-state index contributed by atoms with van der Waals surface area (Å²) in [5.41, 5.74) is -0.625. The van der Waals surface area contributed by atoms with Gasteiger partial charge in [-0.3, -0.25) is 19.3 Å². The number of aliphatic carboxylic acids is 1. The number of carbonyl (C=O) groups is 3. The molecule has 0 unspecified atom stereocenters. The molecular formula is C22H41N3O5. The van der Waals surface area contributed by atoms with Crippen LogP contribution in [-0.4, -0.2) is 84.2 Å². The molecule has 0 bridgehead atoms. The number of carboxylic acids is 1. The van der Waals surface area contributed by atoms with Crippen molar-refractivity contribution in [2.75, 3.05) is 27.7 Å². The van der Waals surface area contributed by atoms with Crippen molar-refractivity contribution in [3.8, 4) is 0 Å². The average Bonchev–Trinajstić information content (AvgIpc) is 3.03. The normalized spacial score (nSPS) is 23.6. The number of hydrogen-bond acceptors (Lipinski definition) is 5. The number of amides is 2. The highest BCUT2D eigenvalue weighted by molar-refractivity contribution is 5.92. The minimum absolute atomic E-state index is 0.0326. The quantitative estimate of drug-likeness (QED) is 0.523. The van der Waals surface area contributed by atoms with E-state index in [1.54, 1.807) is 11.9 Å². The molecule has 1 aliphatic rings. The Kier molecular flexibility index (Phi) is 9.75. The summed E-state index contributed by atoms with van der Waals surface area (Å²) in [6.45, 7) is 10.6. The van der Waals surface area contributed by atoms with E-state index in [9.17, 15) is 19.5 Å². The fraction of sp³-hybridized carbons (Fsp3) is 0.864. The van der Waals surface area contributed by atoms with Gasteiger partial charge in [0.1, 0.15) is 6.04 Å². The lowest BCUT2D eigenvalue weighted by molar-refractivity contribution is -0.148. The standard InChI is InChI=1S/C22H41N3O5/c1-9-15(4)19(16(30-8)13-17(26)27)25(7)20(28)18(14(2)3)23-21(29)22(5)11-10-12-24(22)6/h14-16,18-19H,9-13H2,1-8H3,(H,23,29)(H,26,27)/t15-,16+,18-,19-,22-/m0/s1. The molecule has 174 valence electrons. The second kappa shape index (κ2) is 11.1. The van der Waals surface area contributed by atoms with Crippen molar-refractivity contribution < 1.29 is 24.2 Å². The van der Waals surface area contributed by atoms with Crippen LogP contribution in [0, 0.1) is 11.8 Å². The van der Waals surface area contributed by atoms with Crippen LogP contribution in [0.25, 0.3) is 0 Å². The molecule has 0 aromatic carbocycles. The lowest BCUT2D eigenvalue weighted by Gasteiger charge is -2.40. The Morgan fingerprint density at radius 3 is 2.27 bits per heavy atom. The van der Waals surface area contributed by atoms with E-state index in [-0.39, 0.29) is 30.1 Å². The zero-order chi connectivity index (χ0) is 23.2. The first-order valence-corrected chi connectivity index (χ1v) is 10.9. The van der Waals surface area contributed by atoms with Gasteiger partial charge in [-0.1, -0.05) is 34.1 Å². The Morgan fingerprint density at radius 2 is 1.87 bits per heavy atom. The molecule has 8 nitrogen and oxygen atoms in total. The molecule has 5 atom stereocenters. The van der Waals surface area contributed by atoms with Crippen molar-refractivity contribution in [3.05, 3.63) is 0 Å². The molecule has 1 fully saturated rings. The van der Waals surface area contributed by atoms with E-state index in [1.165, 1.54) is 7.11 Å². The fourth-order valence-corrected chi connectivity index (χ4v) is 4.32. The van der Waals surface area contributed by atoms with Crippen molar-refractivity contribution in [2.45, 2.75) is 84.0 Å². The number of nitrogens with zero attached hydrogens (tertiary/aromatic N) is 2. The largest absolute Gasteiger partial charge is 0.481 e. The average molecular weight is 428 g/mol. The first-order chi connectivity index (χ1) is 13.9. The van der Waals surface area contributed by atoms with Crippen LogP contribution in [0.15, 0.2) is 0 Å². The number of nitrogens with one attached hydrogen (secondary N) is 1. The third-order valence-electron chi connectivity index (χ3n) is 6.79. The Bertz CT molecular complexity index is 612. The van der Waals surface area contributed by atoms with Gasteiger partial charge in [-0.05, 0) is 45.2 Å². The van der Waals surface area contributed by atoms with Crippen LogP contribution in [-0.2, 0) is 19.1 Å². The maximum Gasteiger partial charge on any atom is 0.306 e. The summed E-state index contributed by atoms with van der Waals surface area (Å²) < 4.78 is 5.48. The third-order valence-corrected chi connectivity index (χ3v) is 6.79. The number of ether oxygens (including phenoxy) is 1. The van der Waals surface area contributed by atoms with Crippen LogP contribution in [0.2, 0.25) is 0 Å². The van der Waals surface area contributed by atoms with Crippen LogP contribution in [0.5, 0.6) is 0 Å². The third kappa shape index (κ3) is 5.94. The van der Waals surface area contributed by atoms with E-state index < -0.39 is 29.7 Å². The number of hydrogen-bond donors (Lipinski definition) is 2. The van der Waals surface area contributed by atoms with E-state index >= 15 is 0 Å². The molecule has 1 saturated heterocycles. The minimum atomic E-state index is -0.970. The molecule has 2 amide bonds. The number of likely N-dealkylation sites (tertiary alicyclic amines) is 1. The van der Waals surface area contributed by atoms with Crippen LogP contribution in [0.3, 0.4) is 0 Å². The molecule has 1 aliphatic heterocycles. The Labute approximate surface area is 181 Å². The van der Waals surface area contributed by atoms with Gasteiger partial charge in [0.15, 0.2) is 0 Å². The summed E-state index contributed by atoms with van der Waals surface area (Å²) in [4.78, 5) is 41.5. The SMILES string of the molecule is CC[C@H](C)[C@@H]([C@@H](CC(=O)O)OC)N(C)C(=O)[C@@H](NC(=O)[C@]1(C)CCCN1C)C(C)C. The van der Waals surface area contributed by atoms with Gasteiger partial charge >= 0.3 is 5.97 Å². The molecule has 0 aliphatic carbocycles. The monoisotopic (exact) mass is 427 g/mol. The first kappa shape index (κ1) is 26.4. The smallest absolute Gasteiger partial charge is 0.306 e. The number of likely N-dealkylation sites (N-methyl/N-ethyl adjacent to an activating group) is 2. The molecule has 2 N–H and O–H groups in total. The maximum absolute atomic E-state index is 13.5. The van der Waals surface area contributed by atoms with E-state index in [4.69, 9.17) is 4.74 Å². The Morgan fingerprint density at radius 1 is 1.27 bits per heavy atom. The summed E-state index contributed by atoms with van der Waals surface area (Å²) in [6.07, 6.45) is 1.65. The Hall–Kier alpha value is -1.67. The van der Waals surface area contributed by atoms with Crippen molar-refractivity contribution in [1.82, 2.24) is 15.1 Å². The van der Waals surface area contributed by atoms with Crippen molar-refractivity contribution in [1.29, 1.82) is 0 Å². The predicted octanol–water partition coefficient (Wildman–Crippen LogP) is 1.97. The van der Waals surface area contributed by atoms with Gasteiger partial charge in [-0.2, -0.15) is 0 Å². The van der Waals surface area contributed by atoms with E-state index in [2.05, 4.69) is 5.32 Å². The highest BCUT2D eigenvalue weighted by Gasteiger charge is 2.44. The second-order valence-corrected chi connectivity index (χ2v) is 9.19. The molecule has 30 heavy (non-hydrogen) atoms. The molecule has 8 heteroatoms. The van der Waals surface area contributed by atoms with Crippen LogP contribution in [0.1, 0.15) is 60.3 Å². The second-order valence-electron chi connectivity index (χ2n) is 9.19. The number of carbonyl (C=O) groups excluding carboxylic acids is 2. The number of methoxy groups -OCH3 is 1. The minimum Gasteiger partial charge on any atom is -0.481 e. The summed E-state index contributed by atoms with van der Waals surface area (Å²) in [5, 5.41) is 12.3. The van der Waals surface area contributed by atoms with Gasteiger partial charge in [0.25, 0.3) is 0 Å². The van der Waals surface area contributed by atoms with Gasteiger partial charge in [0, 0.05) is 14.2 Å². The molecule has 0 aromatic rings. The van der Waals surface area contributed by atoms with Crippen molar-refractivity contribution in [2.24, 2.45) is 11.8 Å². The Balaban J connectivity index is 3.11. The topological polar surface area (TPSA) is 99.2 Å². The molecule has 1 heterocycles. The van der Waals surface area contributed by atoms with Gasteiger partial charge in [-0.25, -0.2) is 0 Å². The molecule has 1 rings (SSSR count). The maximum atomic E-state index is 13.5. The summed E-state index contributed by atoms with van der Waals surface area (Å²) in [5.74, 6) is -1.42. The lowest BCUT2D eigenvalue weighted by atomic mass is 9.89. The van der Waals surface area contributed by atoms with E-state index in [0.717, 1.165) is 25.8 Å². The van der Waals surface area contributed by atoms with Gasteiger partial charge in [0.2, 0.25) is 11.8 Å². The summed E-state index contributed by atoms with van der Waals surface area (Å²) in [7, 11) is 5.08. The zero-order valence-electron chi connectivity index (χ0n) is 19.9. The van der Waals surface area contributed by atoms with Gasteiger partial charge in [0.05, 0.1) is 24.1 Å². The first-order valence-electron chi connectivity index (χ1n) is 10.9. The van der Waals surface area contributed by atoms with E-state index in [0.29, 0.717) is 0 Å². The zero-order valence-corrected chi connectivity index (χ0v) is 19.9. The summed E-state index contributed by atoms with van der Waals surface area (Å²) in [6, 6.07) is -1.10. The van der Waals surface area contributed by atoms with Crippen molar-refractivity contribution in [3.63, 3.8) is 0 Å². The van der Waals surface area contributed by atoms with Crippen LogP contribution >= 0.6 is 0 Å². The van der Waals surface area contributed by atoms with Gasteiger partial charge < -0.3 is 20.1 Å².